The summed E-state index contributed by atoms with van der Waals surface area (Å²) in [7, 11) is 0. The van der Waals surface area contributed by atoms with Crippen LogP contribution in [-0.2, 0) is 0 Å². The van der Waals surface area contributed by atoms with Gasteiger partial charge in [0.05, 0.1) is 5.56 Å². The fourth-order valence-electron chi connectivity index (χ4n) is 3.06. The van der Waals surface area contributed by atoms with Gasteiger partial charge in [-0.1, -0.05) is 17.7 Å². The van der Waals surface area contributed by atoms with Crippen LogP contribution in [0.2, 0.25) is 0 Å². The third-order valence-electron chi connectivity index (χ3n) is 4.68. The third-order valence-corrected chi connectivity index (χ3v) is 4.68. The minimum absolute atomic E-state index is 0.0914. The van der Waals surface area contributed by atoms with Crippen molar-refractivity contribution < 1.29 is 9.59 Å². The average Bonchev–Trinajstić information content (AvgIpc) is 2.67. The number of hydrogen-bond donors (Lipinski definition) is 1. The summed E-state index contributed by atoms with van der Waals surface area (Å²) in [6, 6.07) is 11.2. The van der Waals surface area contributed by atoms with Gasteiger partial charge in [0.25, 0.3) is 11.8 Å². The van der Waals surface area contributed by atoms with Crippen LogP contribution in [0.15, 0.2) is 48.8 Å². The minimum atomic E-state index is -0.0914. The highest BCUT2D eigenvalue weighted by Crippen LogP contribution is 2.19. The van der Waals surface area contributed by atoms with E-state index in [-0.39, 0.29) is 11.8 Å². The molecule has 2 aromatic rings. The van der Waals surface area contributed by atoms with Crippen LogP contribution >= 0.6 is 0 Å². The van der Waals surface area contributed by atoms with Gasteiger partial charge in [-0.3, -0.25) is 14.6 Å². The van der Waals surface area contributed by atoms with Crippen molar-refractivity contribution in [2.75, 3.05) is 19.6 Å². The quantitative estimate of drug-likeness (QED) is 0.933. The Morgan fingerprint density at radius 3 is 2.48 bits per heavy atom. The predicted molar refractivity (Wildman–Crippen MR) is 96.4 cm³/mol. The molecule has 0 atom stereocenters. The summed E-state index contributed by atoms with van der Waals surface area (Å²) in [5.74, 6) is 0.409. The van der Waals surface area contributed by atoms with Crippen molar-refractivity contribution in [3.8, 4) is 0 Å². The van der Waals surface area contributed by atoms with E-state index in [1.807, 2.05) is 36.1 Å². The van der Waals surface area contributed by atoms with E-state index in [9.17, 15) is 9.59 Å². The lowest BCUT2D eigenvalue weighted by Gasteiger charge is -2.32. The van der Waals surface area contributed by atoms with Gasteiger partial charge in [0.15, 0.2) is 0 Å². The summed E-state index contributed by atoms with van der Waals surface area (Å²) in [6.45, 7) is 4.13. The van der Waals surface area contributed by atoms with E-state index in [0.29, 0.717) is 18.0 Å². The van der Waals surface area contributed by atoms with Gasteiger partial charge in [0.1, 0.15) is 0 Å². The Morgan fingerprint density at radius 1 is 1.12 bits per heavy atom. The van der Waals surface area contributed by atoms with Crippen LogP contribution in [-0.4, -0.2) is 41.3 Å². The number of nitrogens with one attached hydrogen (secondary N) is 1. The van der Waals surface area contributed by atoms with E-state index >= 15 is 0 Å². The lowest BCUT2D eigenvalue weighted by Crippen LogP contribution is -2.41. The number of rotatable bonds is 4. The average molecular weight is 337 g/mol. The summed E-state index contributed by atoms with van der Waals surface area (Å²) >= 11 is 0. The molecule has 2 heterocycles. The second-order valence-corrected chi connectivity index (χ2v) is 6.55. The normalized spacial score (nSPS) is 15.0. The van der Waals surface area contributed by atoms with Crippen molar-refractivity contribution in [1.29, 1.82) is 0 Å². The first-order valence-electron chi connectivity index (χ1n) is 8.67. The van der Waals surface area contributed by atoms with Gasteiger partial charge in [-0.15, -0.1) is 0 Å². The molecule has 1 fully saturated rings. The molecular weight excluding hydrogens is 314 g/mol. The van der Waals surface area contributed by atoms with Crippen LogP contribution in [0.5, 0.6) is 0 Å². The Bertz CT molecular complexity index is 720. The summed E-state index contributed by atoms with van der Waals surface area (Å²) in [6.07, 6.45) is 5.03. The molecule has 1 aliphatic heterocycles. The first-order chi connectivity index (χ1) is 12.1. The number of hydrogen-bond acceptors (Lipinski definition) is 3. The second-order valence-electron chi connectivity index (χ2n) is 6.55. The fraction of sp³-hybridized carbons (Fsp3) is 0.350. The van der Waals surface area contributed by atoms with Gasteiger partial charge in [-0.05, 0) is 49.9 Å². The zero-order valence-electron chi connectivity index (χ0n) is 14.4. The van der Waals surface area contributed by atoms with Crippen molar-refractivity contribution in [3.63, 3.8) is 0 Å². The number of aryl methyl sites for hydroxylation is 1. The molecule has 1 aliphatic rings. The molecule has 5 nitrogen and oxygen atoms in total. The Morgan fingerprint density at radius 2 is 1.84 bits per heavy atom. The fourth-order valence-corrected chi connectivity index (χ4v) is 3.06. The van der Waals surface area contributed by atoms with Crippen molar-refractivity contribution in [2.45, 2.75) is 19.8 Å². The highest BCUT2D eigenvalue weighted by atomic mass is 16.2. The number of pyridine rings is 1. The third kappa shape index (κ3) is 4.44. The molecule has 0 unspecified atom stereocenters. The Kier molecular flexibility index (Phi) is 5.43. The molecule has 1 aromatic heterocycles. The highest BCUT2D eigenvalue weighted by Gasteiger charge is 2.24. The number of carbonyl (C=O) groups is 2. The van der Waals surface area contributed by atoms with E-state index in [1.165, 1.54) is 0 Å². The van der Waals surface area contributed by atoms with Gasteiger partial charge in [-0.2, -0.15) is 0 Å². The molecule has 0 radical (unpaired) electrons. The topological polar surface area (TPSA) is 62.3 Å². The van der Waals surface area contributed by atoms with Crippen molar-refractivity contribution in [1.82, 2.24) is 15.2 Å². The van der Waals surface area contributed by atoms with E-state index < -0.39 is 0 Å². The van der Waals surface area contributed by atoms with Crippen LogP contribution in [0.1, 0.15) is 39.1 Å². The Hall–Kier alpha value is -2.69. The van der Waals surface area contributed by atoms with Crippen molar-refractivity contribution in [3.05, 3.63) is 65.5 Å². The van der Waals surface area contributed by atoms with Crippen LogP contribution in [0, 0.1) is 12.8 Å². The molecule has 1 aromatic carbocycles. The molecule has 1 saturated heterocycles. The zero-order valence-corrected chi connectivity index (χ0v) is 14.4. The maximum absolute atomic E-state index is 12.5. The molecule has 3 rings (SSSR count). The summed E-state index contributed by atoms with van der Waals surface area (Å²) in [5.41, 5.74) is 2.48. The molecule has 0 bridgehead atoms. The smallest absolute Gasteiger partial charge is 0.253 e. The number of benzene rings is 1. The molecule has 1 N–H and O–H groups in total. The number of carbonyl (C=O) groups excluding carboxylic acids is 2. The second kappa shape index (κ2) is 7.92. The van der Waals surface area contributed by atoms with Gasteiger partial charge in [-0.25, -0.2) is 0 Å². The van der Waals surface area contributed by atoms with E-state index in [0.717, 1.165) is 37.1 Å². The molecule has 5 heteroatoms. The Labute approximate surface area is 148 Å². The van der Waals surface area contributed by atoms with Crippen LogP contribution in [0.3, 0.4) is 0 Å². The number of piperidine rings is 1. The molecule has 25 heavy (non-hydrogen) atoms. The Balaban J connectivity index is 1.46. The zero-order chi connectivity index (χ0) is 17.6. The van der Waals surface area contributed by atoms with Gasteiger partial charge >= 0.3 is 0 Å². The highest BCUT2D eigenvalue weighted by molar-refractivity contribution is 5.94. The SMILES string of the molecule is Cc1ccc(C(=O)N2CCC(CNC(=O)c3cccnc3)CC2)cc1. The summed E-state index contributed by atoms with van der Waals surface area (Å²) in [5, 5.41) is 2.97. The van der Waals surface area contributed by atoms with E-state index in [2.05, 4.69) is 10.3 Å². The molecular formula is C20H23N3O2. The standard InChI is InChI=1S/C20H23N3O2/c1-15-4-6-17(7-5-15)20(25)23-11-8-16(9-12-23)13-22-19(24)18-3-2-10-21-14-18/h2-7,10,14,16H,8-9,11-13H2,1H3,(H,22,24). The van der Waals surface area contributed by atoms with E-state index in [4.69, 9.17) is 0 Å². The number of nitrogens with zero attached hydrogens (tertiary/aromatic N) is 2. The number of aromatic nitrogens is 1. The number of amides is 2. The maximum atomic E-state index is 12.5. The number of likely N-dealkylation sites (tertiary alicyclic amines) is 1. The minimum Gasteiger partial charge on any atom is -0.352 e. The largest absolute Gasteiger partial charge is 0.352 e. The molecule has 130 valence electrons. The predicted octanol–water partition coefficient (Wildman–Crippen LogP) is 2.67. The maximum Gasteiger partial charge on any atom is 0.253 e. The van der Waals surface area contributed by atoms with Gasteiger partial charge in [0, 0.05) is 37.6 Å². The summed E-state index contributed by atoms with van der Waals surface area (Å²) < 4.78 is 0. The van der Waals surface area contributed by atoms with Gasteiger partial charge in [0.2, 0.25) is 0 Å². The van der Waals surface area contributed by atoms with Crippen LogP contribution in [0.25, 0.3) is 0 Å². The molecule has 0 aliphatic carbocycles. The van der Waals surface area contributed by atoms with E-state index in [1.54, 1.807) is 24.5 Å². The summed E-state index contributed by atoms with van der Waals surface area (Å²) in [4.78, 5) is 30.4. The first-order valence-corrected chi connectivity index (χ1v) is 8.67. The lowest BCUT2D eigenvalue weighted by atomic mass is 9.96. The van der Waals surface area contributed by atoms with Crippen molar-refractivity contribution in [2.24, 2.45) is 5.92 Å². The van der Waals surface area contributed by atoms with Crippen LogP contribution < -0.4 is 5.32 Å². The van der Waals surface area contributed by atoms with Gasteiger partial charge < -0.3 is 10.2 Å². The molecule has 0 spiro atoms. The lowest BCUT2D eigenvalue weighted by molar-refractivity contribution is 0.0684. The first kappa shape index (κ1) is 17.1. The molecule has 2 amide bonds. The van der Waals surface area contributed by atoms with Crippen molar-refractivity contribution >= 4 is 11.8 Å². The molecule has 0 saturated carbocycles. The van der Waals surface area contributed by atoms with Crippen LogP contribution in [0.4, 0.5) is 0 Å². The monoisotopic (exact) mass is 337 g/mol.